The van der Waals surface area contributed by atoms with Crippen molar-refractivity contribution in [3.8, 4) is 0 Å². The van der Waals surface area contributed by atoms with E-state index < -0.39 is 0 Å². The zero-order valence-corrected chi connectivity index (χ0v) is 18.6. The van der Waals surface area contributed by atoms with Gasteiger partial charge in [-0.15, -0.1) is 24.0 Å². The van der Waals surface area contributed by atoms with Crippen molar-refractivity contribution in [3.05, 3.63) is 46.8 Å². The Bertz CT molecular complexity index is 752. The van der Waals surface area contributed by atoms with Gasteiger partial charge in [0.05, 0.1) is 5.69 Å². The molecule has 0 radical (unpaired) electrons. The lowest BCUT2D eigenvalue weighted by Crippen LogP contribution is -2.36. The molecule has 0 spiro atoms. The molecule has 1 heterocycles. The van der Waals surface area contributed by atoms with Crippen LogP contribution in [-0.4, -0.2) is 24.1 Å². The summed E-state index contributed by atoms with van der Waals surface area (Å²) in [5.41, 5.74) is 3.91. The molecule has 0 aliphatic rings. The van der Waals surface area contributed by atoms with E-state index in [1.165, 1.54) is 6.92 Å². The Balaban J connectivity index is 0.00000364. The molecule has 2 rings (SSSR count). The largest absolute Gasteiger partial charge is 0.361 e. The Kier molecular flexibility index (Phi) is 9.84. The third kappa shape index (κ3) is 6.85. The van der Waals surface area contributed by atoms with E-state index in [0.29, 0.717) is 19.0 Å². The number of benzene rings is 1. The second-order valence-electron chi connectivity index (χ2n) is 5.90. The van der Waals surface area contributed by atoms with Gasteiger partial charge in [0.2, 0.25) is 5.91 Å². The van der Waals surface area contributed by atoms with Crippen LogP contribution in [0.5, 0.6) is 0 Å². The van der Waals surface area contributed by atoms with Crippen LogP contribution >= 0.6 is 24.0 Å². The average Bonchev–Trinajstić information content (AvgIpc) is 3.03. The van der Waals surface area contributed by atoms with Crippen molar-refractivity contribution in [1.29, 1.82) is 0 Å². The molecule has 8 heteroatoms. The zero-order valence-electron chi connectivity index (χ0n) is 16.3. The Morgan fingerprint density at radius 3 is 2.56 bits per heavy atom. The van der Waals surface area contributed by atoms with E-state index in [9.17, 15) is 4.79 Å². The fourth-order valence-electron chi connectivity index (χ4n) is 2.68. The molecule has 2 aromatic rings. The van der Waals surface area contributed by atoms with E-state index in [4.69, 9.17) is 4.52 Å². The second kappa shape index (κ2) is 11.6. The summed E-state index contributed by atoms with van der Waals surface area (Å²) < 4.78 is 5.39. The third-order valence-electron chi connectivity index (χ3n) is 3.97. The number of amides is 1. The van der Waals surface area contributed by atoms with E-state index >= 15 is 0 Å². The Hall–Kier alpha value is -2.10. The van der Waals surface area contributed by atoms with Crippen molar-refractivity contribution < 1.29 is 9.32 Å². The molecular formula is C19H28IN5O2. The van der Waals surface area contributed by atoms with E-state index in [1.54, 1.807) is 7.05 Å². The molecule has 0 unspecified atom stereocenters. The van der Waals surface area contributed by atoms with Gasteiger partial charge in [-0.05, 0) is 24.1 Å². The van der Waals surface area contributed by atoms with Gasteiger partial charge in [0, 0.05) is 44.7 Å². The maximum Gasteiger partial charge on any atom is 0.221 e. The quantitative estimate of drug-likeness (QED) is 0.318. The number of aliphatic imine (C=N–C) groups is 1. The lowest BCUT2D eigenvalue weighted by atomic mass is 10.1. The maximum absolute atomic E-state index is 11.2. The van der Waals surface area contributed by atoms with Gasteiger partial charge in [0.1, 0.15) is 5.76 Å². The van der Waals surface area contributed by atoms with Gasteiger partial charge in [0.25, 0.3) is 0 Å². The number of carbonyl (C=O) groups is 1. The van der Waals surface area contributed by atoms with Crippen LogP contribution < -0.4 is 16.0 Å². The lowest BCUT2D eigenvalue weighted by Gasteiger charge is -2.13. The first kappa shape index (κ1) is 22.9. The Morgan fingerprint density at radius 1 is 1.19 bits per heavy atom. The van der Waals surface area contributed by atoms with Crippen LogP contribution in [0.1, 0.15) is 43.4 Å². The van der Waals surface area contributed by atoms with Gasteiger partial charge in [-0.1, -0.05) is 31.1 Å². The smallest absolute Gasteiger partial charge is 0.221 e. The number of hydrogen-bond donors (Lipinski definition) is 3. The number of aromatic nitrogens is 1. The van der Waals surface area contributed by atoms with Crippen LogP contribution in [0.2, 0.25) is 0 Å². The van der Waals surface area contributed by atoms with Crippen LogP contribution in [0.25, 0.3) is 0 Å². The summed E-state index contributed by atoms with van der Waals surface area (Å²) in [4.78, 5) is 15.4. The van der Waals surface area contributed by atoms with Crippen LogP contribution in [0.4, 0.5) is 5.69 Å². The molecule has 0 fully saturated rings. The number of carbonyl (C=O) groups excluding carboxylic acids is 1. The van der Waals surface area contributed by atoms with Crippen LogP contribution in [0.15, 0.2) is 33.8 Å². The van der Waals surface area contributed by atoms with Gasteiger partial charge in [0.15, 0.2) is 5.96 Å². The minimum absolute atomic E-state index is 0. The van der Waals surface area contributed by atoms with E-state index in [0.717, 1.165) is 41.1 Å². The number of hydrogen-bond acceptors (Lipinski definition) is 4. The minimum Gasteiger partial charge on any atom is -0.361 e. The average molecular weight is 485 g/mol. The first-order valence-electron chi connectivity index (χ1n) is 8.84. The Labute approximate surface area is 177 Å². The molecule has 0 saturated heterocycles. The molecule has 0 aliphatic heterocycles. The number of guanidine groups is 1. The van der Waals surface area contributed by atoms with E-state index in [2.05, 4.69) is 39.9 Å². The third-order valence-corrected chi connectivity index (χ3v) is 3.97. The molecule has 27 heavy (non-hydrogen) atoms. The maximum atomic E-state index is 11.2. The van der Waals surface area contributed by atoms with Crippen molar-refractivity contribution in [1.82, 2.24) is 15.8 Å². The SMILES string of the molecule is CCc1noc(CC)c1CNC(=NC)NCc1cccc(NC(C)=O)c1.I. The predicted octanol–water partition coefficient (Wildman–Crippen LogP) is 3.24. The number of nitrogens with zero attached hydrogens (tertiary/aromatic N) is 2. The number of aryl methyl sites for hydroxylation is 2. The van der Waals surface area contributed by atoms with E-state index in [-0.39, 0.29) is 29.9 Å². The number of rotatable bonds is 7. The van der Waals surface area contributed by atoms with Gasteiger partial charge in [-0.3, -0.25) is 9.79 Å². The first-order valence-corrected chi connectivity index (χ1v) is 8.84. The fraction of sp³-hybridized carbons (Fsp3) is 0.421. The van der Waals surface area contributed by atoms with Crippen molar-refractivity contribution in [2.45, 2.75) is 46.7 Å². The van der Waals surface area contributed by atoms with Gasteiger partial charge in [-0.25, -0.2) is 0 Å². The fourth-order valence-corrected chi connectivity index (χ4v) is 2.68. The van der Waals surface area contributed by atoms with Crippen LogP contribution in [0, 0.1) is 0 Å². The monoisotopic (exact) mass is 485 g/mol. The summed E-state index contributed by atoms with van der Waals surface area (Å²) in [7, 11) is 1.73. The molecule has 0 aliphatic carbocycles. The predicted molar refractivity (Wildman–Crippen MR) is 118 cm³/mol. The standard InChI is InChI=1S/C19H27N5O2.HI/c1-5-17-16(18(6-2)26-24-17)12-22-19(20-4)21-11-14-8-7-9-15(10-14)23-13(3)25;/h7-10H,5-6,11-12H2,1-4H3,(H,23,25)(H2,20,21,22);1H. The van der Waals surface area contributed by atoms with Crippen LogP contribution in [-0.2, 0) is 30.7 Å². The minimum atomic E-state index is -0.0836. The topological polar surface area (TPSA) is 91.6 Å². The van der Waals surface area contributed by atoms with Crippen molar-refractivity contribution in [3.63, 3.8) is 0 Å². The lowest BCUT2D eigenvalue weighted by molar-refractivity contribution is -0.114. The summed E-state index contributed by atoms with van der Waals surface area (Å²) in [6, 6.07) is 7.71. The molecule has 7 nitrogen and oxygen atoms in total. The highest BCUT2D eigenvalue weighted by Gasteiger charge is 2.13. The number of nitrogens with one attached hydrogen (secondary N) is 3. The van der Waals surface area contributed by atoms with Crippen molar-refractivity contribution in [2.75, 3.05) is 12.4 Å². The molecule has 0 bridgehead atoms. The Morgan fingerprint density at radius 2 is 1.93 bits per heavy atom. The summed E-state index contributed by atoms with van der Waals surface area (Å²) >= 11 is 0. The molecule has 1 aromatic carbocycles. The molecule has 148 valence electrons. The summed E-state index contributed by atoms with van der Waals surface area (Å²) in [6.07, 6.45) is 1.65. The van der Waals surface area contributed by atoms with Crippen LogP contribution in [0.3, 0.4) is 0 Å². The number of halogens is 1. The molecule has 0 atom stereocenters. The highest BCUT2D eigenvalue weighted by Crippen LogP contribution is 2.15. The number of anilines is 1. The molecule has 1 amide bonds. The molecule has 0 saturated carbocycles. The normalized spacial score (nSPS) is 10.9. The van der Waals surface area contributed by atoms with Gasteiger partial charge in [-0.2, -0.15) is 0 Å². The van der Waals surface area contributed by atoms with E-state index in [1.807, 2.05) is 24.3 Å². The van der Waals surface area contributed by atoms with Gasteiger partial charge >= 0.3 is 0 Å². The van der Waals surface area contributed by atoms with Crippen molar-refractivity contribution >= 4 is 41.5 Å². The van der Waals surface area contributed by atoms with Gasteiger partial charge < -0.3 is 20.5 Å². The molecular weight excluding hydrogens is 457 g/mol. The highest BCUT2D eigenvalue weighted by molar-refractivity contribution is 14.0. The zero-order chi connectivity index (χ0) is 18.9. The summed E-state index contributed by atoms with van der Waals surface area (Å²) in [5, 5.41) is 13.5. The van der Waals surface area contributed by atoms with Crippen molar-refractivity contribution in [2.24, 2.45) is 4.99 Å². The summed E-state index contributed by atoms with van der Waals surface area (Å²) in [5.74, 6) is 1.52. The molecule has 1 aromatic heterocycles. The highest BCUT2D eigenvalue weighted by atomic mass is 127. The first-order chi connectivity index (χ1) is 12.6. The molecule has 3 N–H and O–H groups in total. The summed E-state index contributed by atoms with van der Waals surface area (Å²) in [6.45, 7) is 6.82. The second-order valence-corrected chi connectivity index (χ2v) is 5.90.